The van der Waals surface area contributed by atoms with Crippen LogP contribution in [0.1, 0.15) is 40.7 Å². The molecule has 2 amide bonds. The molecule has 1 heterocycles. The first kappa shape index (κ1) is 23.8. The summed E-state index contributed by atoms with van der Waals surface area (Å²) in [5.41, 5.74) is 2.39. The SMILES string of the molecule is CN(CCO)C(=O)c1cccc2c1CN(Cc1ccccc1)CC(=O)NCCCCCO2. The Kier molecular flexibility index (Phi) is 9.07. The molecule has 172 valence electrons. The maximum atomic E-state index is 13.1. The quantitative estimate of drug-likeness (QED) is 0.748. The van der Waals surface area contributed by atoms with E-state index in [9.17, 15) is 14.7 Å². The zero-order valence-corrected chi connectivity index (χ0v) is 18.8. The van der Waals surface area contributed by atoms with Gasteiger partial charge in [-0.1, -0.05) is 36.4 Å². The number of aliphatic hydroxyl groups is 1. The van der Waals surface area contributed by atoms with Crippen molar-refractivity contribution in [3.63, 3.8) is 0 Å². The van der Waals surface area contributed by atoms with Crippen LogP contribution < -0.4 is 10.1 Å². The van der Waals surface area contributed by atoms with Crippen LogP contribution in [0.3, 0.4) is 0 Å². The van der Waals surface area contributed by atoms with E-state index in [0.717, 1.165) is 30.4 Å². The van der Waals surface area contributed by atoms with Crippen LogP contribution in [0.4, 0.5) is 0 Å². The summed E-state index contributed by atoms with van der Waals surface area (Å²) in [5.74, 6) is 0.475. The van der Waals surface area contributed by atoms with Gasteiger partial charge in [0.15, 0.2) is 0 Å². The van der Waals surface area contributed by atoms with E-state index < -0.39 is 0 Å². The Morgan fingerprint density at radius 2 is 1.91 bits per heavy atom. The summed E-state index contributed by atoms with van der Waals surface area (Å²) in [6.45, 7) is 2.55. The maximum absolute atomic E-state index is 13.1. The van der Waals surface area contributed by atoms with E-state index in [2.05, 4.69) is 5.32 Å². The molecule has 0 saturated carbocycles. The van der Waals surface area contributed by atoms with Gasteiger partial charge in [-0.15, -0.1) is 0 Å². The molecule has 0 aromatic heterocycles. The van der Waals surface area contributed by atoms with Gasteiger partial charge in [0.05, 0.1) is 19.8 Å². The Hall–Kier alpha value is -2.90. The van der Waals surface area contributed by atoms with Crippen LogP contribution in [0.5, 0.6) is 5.75 Å². The Balaban J connectivity index is 1.96. The number of fused-ring (bicyclic) bond motifs is 1. The number of aliphatic hydroxyl groups excluding tert-OH is 1. The van der Waals surface area contributed by atoms with Crippen LogP contribution in [0, 0.1) is 0 Å². The van der Waals surface area contributed by atoms with E-state index in [-0.39, 0.29) is 31.5 Å². The molecule has 0 radical (unpaired) electrons. The van der Waals surface area contributed by atoms with Crippen LogP contribution in [-0.4, -0.2) is 66.6 Å². The first-order chi connectivity index (χ1) is 15.6. The number of amides is 2. The summed E-state index contributed by atoms with van der Waals surface area (Å²) in [6.07, 6.45) is 2.75. The van der Waals surface area contributed by atoms with Crippen molar-refractivity contribution in [1.82, 2.24) is 15.1 Å². The summed E-state index contributed by atoms with van der Waals surface area (Å²) in [6, 6.07) is 15.5. The van der Waals surface area contributed by atoms with E-state index in [4.69, 9.17) is 4.74 Å². The third-order valence-corrected chi connectivity index (χ3v) is 5.54. The molecule has 0 saturated heterocycles. The topological polar surface area (TPSA) is 82.1 Å². The van der Waals surface area contributed by atoms with Crippen molar-refractivity contribution >= 4 is 11.8 Å². The molecule has 2 N–H and O–H groups in total. The van der Waals surface area contributed by atoms with Crippen LogP contribution >= 0.6 is 0 Å². The second-order valence-corrected chi connectivity index (χ2v) is 8.12. The lowest BCUT2D eigenvalue weighted by molar-refractivity contribution is -0.122. The fourth-order valence-electron chi connectivity index (χ4n) is 3.83. The molecule has 7 heteroatoms. The molecule has 32 heavy (non-hydrogen) atoms. The number of nitrogens with one attached hydrogen (secondary N) is 1. The largest absolute Gasteiger partial charge is 0.493 e. The third-order valence-electron chi connectivity index (χ3n) is 5.54. The minimum atomic E-state index is -0.173. The van der Waals surface area contributed by atoms with Crippen LogP contribution in [0.2, 0.25) is 0 Å². The molecule has 0 unspecified atom stereocenters. The highest BCUT2D eigenvalue weighted by atomic mass is 16.5. The lowest BCUT2D eigenvalue weighted by Gasteiger charge is -2.26. The van der Waals surface area contributed by atoms with E-state index in [1.807, 2.05) is 47.4 Å². The van der Waals surface area contributed by atoms with Gasteiger partial charge in [-0.3, -0.25) is 14.5 Å². The van der Waals surface area contributed by atoms with E-state index in [1.54, 1.807) is 13.1 Å². The second-order valence-electron chi connectivity index (χ2n) is 8.12. The Morgan fingerprint density at radius 3 is 2.69 bits per heavy atom. The van der Waals surface area contributed by atoms with Crippen LogP contribution in [-0.2, 0) is 17.9 Å². The average Bonchev–Trinajstić information content (AvgIpc) is 2.80. The summed E-state index contributed by atoms with van der Waals surface area (Å²) in [4.78, 5) is 29.3. The molecule has 0 spiro atoms. The molecule has 0 bridgehead atoms. The normalized spacial score (nSPS) is 15.9. The van der Waals surface area contributed by atoms with Crippen molar-refractivity contribution in [3.8, 4) is 5.75 Å². The highest BCUT2D eigenvalue weighted by molar-refractivity contribution is 5.96. The number of hydrogen-bond acceptors (Lipinski definition) is 5. The molecular weight excluding hydrogens is 406 g/mol. The number of benzene rings is 2. The highest BCUT2D eigenvalue weighted by Gasteiger charge is 2.22. The summed E-state index contributed by atoms with van der Waals surface area (Å²) < 4.78 is 6.10. The first-order valence-electron chi connectivity index (χ1n) is 11.2. The second kappa shape index (κ2) is 12.2. The number of likely N-dealkylation sites (N-methyl/N-ethyl adjacent to an activating group) is 1. The van der Waals surface area contributed by atoms with Gasteiger partial charge < -0.3 is 20.1 Å². The van der Waals surface area contributed by atoms with E-state index in [1.165, 1.54) is 4.90 Å². The summed E-state index contributed by atoms with van der Waals surface area (Å²) in [7, 11) is 1.67. The molecule has 0 aliphatic carbocycles. The minimum absolute atomic E-state index is 0.0242. The fourth-order valence-corrected chi connectivity index (χ4v) is 3.83. The molecular formula is C25H33N3O4. The Labute approximate surface area is 190 Å². The molecule has 1 aliphatic rings. The van der Waals surface area contributed by atoms with Gasteiger partial charge in [0.2, 0.25) is 5.91 Å². The molecule has 7 nitrogen and oxygen atoms in total. The van der Waals surface area contributed by atoms with Crippen molar-refractivity contribution in [2.75, 3.05) is 39.9 Å². The van der Waals surface area contributed by atoms with Crippen molar-refractivity contribution in [3.05, 3.63) is 65.2 Å². The fraction of sp³-hybridized carbons (Fsp3) is 0.440. The molecule has 1 aliphatic heterocycles. The minimum Gasteiger partial charge on any atom is -0.493 e. The average molecular weight is 440 g/mol. The number of nitrogens with zero attached hydrogens (tertiary/aromatic N) is 2. The van der Waals surface area contributed by atoms with Crippen molar-refractivity contribution in [2.45, 2.75) is 32.4 Å². The van der Waals surface area contributed by atoms with Crippen molar-refractivity contribution in [1.29, 1.82) is 0 Å². The Morgan fingerprint density at radius 1 is 1.09 bits per heavy atom. The molecule has 2 aromatic rings. The van der Waals surface area contributed by atoms with Crippen LogP contribution in [0.25, 0.3) is 0 Å². The number of hydrogen-bond donors (Lipinski definition) is 2. The summed E-state index contributed by atoms with van der Waals surface area (Å²) >= 11 is 0. The number of rotatable bonds is 5. The summed E-state index contributed by atoms with van der Waals surface area (Å²) in [5, 5.41) is 12.3. The van der Waals surface area contributed by atoms with Gasteiger partial charge in [0, 0.05) is 44.4 Å². The lowest BCUT2D eigenvalue weighted by atomic mass is 10.0. The predicted molar refractivity (Wildman–Crippen MR) is 123 cm³/mol. The molecule has 0 fully saturated rings. The molecule has 0 atom stereocenters. The zero-order valence-electron chi connectivity index (χ0n) is 18.8. The van der Waals surface area contributed by atoms with Crippen molar-refractivity contribution < 1.29 is 19.4 Å². The monoisotopic (exact) mass is 439 g/mol. The van der Waals surface area contributed by atoms with Gasteiger partial charge in [-0.25, -0.2) is 0 Å². The number of carbonyl (C=O) groups excluding carboxylic acids is 2. The van der Waals surface area contributed by atoms with Crippen molar-refractivity contribution in [2.24, 2.45) is 0 Å². The molecule has 3 rings (SSSR count). The predicted octanol–water partition coefficient (Wildman–Crippen LogP) is 2.43. The number of ether oxygens (including phenoxy) is 1. The van der Waals surface area contributed by atoms with Gasteiger partial charge in [-0.05, 0) is 37.0 Å². The van der Waals surface area contributed by atoms with Crippen LogP contribution in [0.15, 0.2) is 48.5 Å². The van der Waals surface area contributed by atoms with Gasteiger partial charge in [-0.2, -0.15) is 0 Å². The standard InChI is InChI=1S/C25H33N3O4/c1-27(14-15-29)25(31)21-11-8-12-23-22(21)18-28(17-20-9-4-2-5-10-20)19-24(30)26-13-6-3-7-16-32-23/h2,4-5,8-12,29H,3,6-7,13-19H2,1H3,(H,26,30). The van der Waals surface area contributed by atoms with Gasteiger partial charge >= 0.3 is 0 Å². The van der Waals surface area contributed by atoms with E-state index >= 15 is 0 Å². The Bertz CT molecular complexity index is 888. The van der Waals surface area contributed by atoms with E-state index in [0.29, 0.717) is 37.6 Å². The number of carbonyl (C=O) groups is 2. The maximum Gasteiger partial charge on any atom is 0.254 e. The smallest absolute Gasteiger partial charge is 0.254 e. The zero-order chi connectivity index (χ0) is 22.8. The third kappa shape index (κ3) is 6.80. The first-order valence-corrected chi connectivity index (χ1v) is 11.2. The van der Waals surface area contributed by atoms with Gasteiger partial charge in [0.25, 0.3) is 5.91 Å². The molecule has 2 aromatic carbocycles. The van der Waals surface area contributed by atoms with Gasteiger partial charge in [0.1, 0.15) is 5.75 Å². The highest BCUT2D eigenvalue weighted by Crippen LogP contribution is 2.27. The lowest BCUT2D eigenvalue weighted by Crippen LogP contribution is -2.37.